The maximum Gasteiger partial charge on any atom is 0.318 e. The first-order chi connectivity index (χ1) is 8.92. The molecule has 1 unspecified atom stereocenters. The number of nitrogens with one attached hydrogen (secondary N) is 1. The van der Waals surface area contributed by atoms with Crippen molar-refractivity contribution >= 4 is 11.9 Å². The Morgan fingerprint density at radius 1 is 1.32 bits per heavy atom. The standard InChI is InChI=1S/C15H27NO3/c1-5-12(14(18)19-4)13(17)16-10-15(2,3)11-8-6-7-9-11/h11-12H,5-10H2,1-4H3,(H,16,17). The van der Waals surface area contributed by atoms with Gasteiger partial charge < -0.3 is 10.1 Å². The second kappa shape index (κ2) is 6.92. The molecule has 0 saturated heterocycles. The molecular formula is C15H27NO3. The van der Waals surface area contributed by atoms with Crippen molar-refractivity contribution < 1.29 is 14.3 Å². The molecule has 0 aromatic carbocycles. The molecule has 1 amide bonds. The summed E-state index contributed by atoms with van der Waals surface area (Å²) in [7, 11) is 1.32. The molecule has 1 fully saturated rings. The van der Waals surface area contributed by atoms with Crippen LogP contribution in [0.1, 0.15) is 52.9 Å². The highest BCUT2D eigenvalue weighted by Gasteiger charge is 2.33. The minimum atomic E-state index is -0.677. The molecule has 1 N–H and O–H groups in total. The third-order valence-electron chi connectivity index (χ3n) is 4.39. The second-order valence-electron chi connectivity index (χ2n) is 6.17. The van der Waals surface area contributed by atoms with E-state index in [0.29, 0.717) is 18.9 Å². The first-order valence-electron chi connectivity index (χ1n) is 7.28. The smallest absolute Gasteiger partial charge is 0.318 e. The summed E-state index contributed by atoms with van der Waals surface area (Å²) in [6.07, 6.45) is 5.56. The van der Waals surface area contributed by atoms with Gasteiger partial charge in [-0.05, 0) is 30.6 Å². The van der Waals surface area contributed by atoms with Crippen LogP contribution in [0.4, 0.5) is 0 Å². The van der Waals surface area contributed by atoms with E-state index in [1.165, 1.54) is 32.8 Å². The van der Waals surface area contributed by atoms with E-state index < -0.39 is 11.9 Å². The van der Waals surface area contributed by atoms with E-state index in [4.69, 9.17) is 0 Å². The van der Waals surface area contributed by atoms with Crippen molar-refractivity contribution in [1.82, 2.24) is 5.32 Å². The summed E-state index contributed by atoms with van der Waals surface area (Å²) in [6.45, 7) is 6.85. The van der Waals surface area contributed by atoms with Crippen LogP contribution in [0.3, 0.4) is 0 Å². The molecule has 0 spiro atoms. The van der Waals surface area contributed by atoms with Gasteiger partial charge in [0.15, 0.2) is 0 Å². The van der Waals surface area contributed by atoms with Gasteiger partial charge in [-0.2, -0.15) is 0 Å². The molecule has 19 heavy (non-hydrogen) atoms. The minimum absolute atomic E-state index is 0.0978. The van der Waals surface area contributed by atoms with Crippen LogP contribution in [-0.4, -0.2) is 25.5 Å². The summed E-state index contributed by atoms with van der Waals surface area (Å²) < 4.78 is 4.66. The van der Waals surface area contributed by atoms with Gasteiger partial charge in [0.05, 0.1) is 7.11 Å². The van der Waals surface area contributed by atoms with E-state index in [9.17, 15) is 9.59 Å². The van der Waals surface area contributed by atoms with Gasteiger partial charge >= 0.3 is 5.97 Å². The molecule has 110 valence electrons. The van der Waals surface area contributed by atoms with E-state index in [1.54, 1.807) is 0 Å². The van der Waals surface area contributed by atoms with Crippen LogP contribution in [0, 0.1) is 17.3 Å². The Balaban J connectivity index is 2.50. The predicted molar refractivity (Wildman–Crippen MR) is 74.5 cm³/mol. The maximum absolute atomic E-state index is 12.0. The lowest BCUT2D eigenvalue weighted by molar-refractivity contribution is -0.150. The number of ether oxygens (including phenoxy) is 1. The molecule has 1 saturated carbocycles. The fourth-order valence-electron chi connectivity index (χ4n) is 2.89. The number of amides is 1. The average molecular weight is 269 g/mol. The zero-order valence-electron chi connectivity index (χ0n) is 12.6. The number of carbonyl (C=O) groups is 2. The SMILES string of the molecule is CCC(C(=O)NCC(C)(C)C1CCCC1)C(=O)OC. The van der Waals surface area contributed by atoms with Crippen molar-refractivity contribution in [3.63, 3.8) is 0 Å². The highest BCUT2D eigenvalue weighted by atomic mass is 16.5. The summed E-state index contributed by atoms with van der Waals surface area (Å²) in [4.78, 5) is 23.5. The van der Waals surface area contributed by atoms with Crippen LogP contribution < -0.4 is 5.32 Å². The zero-order valence-corrected chi connectivity index (χ0v) is 12.6. The third-order valence-corrected chi connectivity index (χ3v) is 4.39. The normalized spacial score (nSPS) is 18.1. The van der Waals surface area contributed by atoms with Gasteiger partial charge in [-0.1, -0.05) is 33.6 Å². The van der Waals surface area contributed by atoms with Gasteiger partial charge in [0.1, 0.15) is 5.92 Å². The number of hydrogen-bond donors (Lipinski definition) is 1. The maximum atomic E-state index is 12.0. The van der Waals surface area contributed by atoms with Gasteiger partial charge in [-0.15, -0.1) is 0 Å². The highest BCUT2D eigenvalue weighted by molar-refractivity contribution is 5.97. The molecule has 1 aliphatic rings. The molecule has 0 aromatic heterocycles. The van der Waals surface area contributed by atoms with Crippen molar-refractivity contribution in [2.45, 2.75) is 52.9 Å². The Hall–Kier alpha value is -1.06. The van der Waals surface area contributed by atoms with Crippen molar-refractivity contribution in [3.8, 4) is 0 Å². The molecule has 0 radical (unpaired) electrons. The minimum Gasteiger partial charge on any atom is -0.468 e. The molecule has 1 aliphatic carbocycles. The lowest BCUT2D eigenvalue weighted by atomic mass is 9.77. The summed E-state index contributed by atoms with van der Waals surface area (Å²) in [5.74, 6) is -0.658. The van der Waals surface area contributed by atoms with Crippen LogP contribution in [-0.2, 0) is 14.3 Å². The fraction of sp³-hybridized carbons (Fsp3) is 0.867. The van der Waals surface area contributed by atoms with E-state index in [2.05, 4.69) is 23.9 Å². The summed E-state index contributed by atoms with van der Waals surface area (Å²) in [6, 6.07) is 0. The molecule has 1 atom stereocenters. The van der Waals surface area contributed by atoms with Gasteiger partial charge in [-0.25, -0.2) is 0 Å². The molecule has 1 rings (SSSR count). The average Bonchev–Trinajstić information content (AvgIpc) is 2.91. The first kappa shape index (κ1) is 16.0. The van der Waals surface area contributed by atoms with Crippen molar-refractivity contribution in [1.29, 1.82) is 0 Å². The monoisotopic (exact) mass is 269 g/mol. The summed E-state index contributed by atoms with van der Waals surface area (Å²) >= 11 is 0. The summed E-state index contributed by atoms with van der Waals surface area (Å²) in [5, 5.41) is 2.93. The Morgan fingerprint density at radius 3 is 2.37 bits per heavy atom. The molecular weight excluding hydrogens is 242 g/mol. The second-order valence-corrected chi connectivity index (χ2v) is 6.17. The van der Waals surface area contributed by atoms with Gasteiger partial charge in [-0.3, -0.25) is 9.59 Å². The number of hydrogen-bond acceptors (Lipinski definition) is 3. The Bertz CT molecular complexity index is 319. The molecule has 0 aromatic rings. The number of rotatable bonds is 6. The lowest BCUT2D eigenvalue weighted by Crippen LogP contribution is -2.42. The quantitative estimate of drug-likeness (QED) is 0.595. The number of methoxy groups -OCH3 is 1. The largest absolute Gasteiger partial charge is 0.468 e. The van der Waals surface area contributed by atoms with E-state index in [0.717, 1.165) is 0 Å². The summed E-state index contributed by atoms with van der Waals surface area (Å²) in [5.41, 5.74) is 0.0978. The molecule has 4 heteroatoms. The van der Waals surface area contributed by atoms with Gasteiger partial charge in [0, 0.05) is 6.54 Å². The van der Waals surface area contributed by atoms with Crippen molar-refractivity contribution in [3.05, 3.63) is 0 Å². The van der Waals surface area contributed by atoms with Crippen LogP contribution >= 0.6 is 0 Å². The van der Waals surface area contributed by atoms with Gasteiger partial charge in [0.2, 0.25) is 5.91 Å². The van der Waals surface area contributed by atoms with Crippen molar-refractivity contribution in [2.75, 3.05) is 13.7 Å². The topological polar surface area (TPSA) is 55.4 Å². The zero-order chi connectivity index (χ0) is 14.5. The van der Waals surface area contributed by atoms with E-state index in [1.807, 2.05) is 6.92 Å². The Labute approximate surface area is 116 Å². The van der Waals surface area contributed by atoms with Crippen LogP contribution in [0.25, 0.3) is 0 Å². The van der Waals surface area contributed by atoms with E-state index >= 15 is 0 Å². The van der Waals surface area contributed by atoms with Crippen molar-refractivity contribution in [2.24, 2.45) is 17.3 Å². The highest BCUT2D eigenvalue weighted by Crippen LogP contribution is 2.39. The van der Waals surface area contributed by atoms with Gasteiger partial charge in [0.25, 0.3) is 0 Å². The Kier molecular flexibility index (Phi) is 5.83. The third kappa shape index (κ3) is 4.22. The molecule has 0 bridgehead atoms. The molecule has 0 heterocycles. The van der Waals surface area contributed by atoms with Crippen LogP contribution in [0.5, 0.6) is 0 Å². The number of esters is 1. The molecule has 0 aliphatic heterocycles. The molecule has 4 nitrogen and oxygen atoms in total. The van der Waals surface area contributed by atoms with Crippen LogP contribution in [0.15, 0.2) is 0 Å². The predicted octanol–water partition coefficient (Wildman–Crippen LogP) is 2.52. The van der Waals surface area contributed by atoms with E-state index in [-0.39, 0.29) is 11.3 Å². The first-order valence-corrected chi connectivity index (χ1v) is 7.28. The number of carbonyl (C=O) groups excluding carboxylic acids is 2. The lowest BCUT2D eigenvalue weighted by Gasteiger charge is -2.32. The fourth-order valence-corrected chi connectivity index (χ4v) is 2.89. The van der Waals surface area contributed by atoms with Crippen LogP contribution in [0.2, 0.25) is 0 Å². The Morgan fingerprint density at radius 2 is 1.89 bits per heavy atom.